The molecule has 0 saturated carbocycles. The number of hydrogen-bond donors (Lipinski definition) is 0. The van der Waals surface area contributed by atoms with Crippen molar-refractivity contribution in [2.24, 2.45) is 5.41 Å². The summed E-state index contributed by atoms with van der Waals surface area (Å²) < 4.78 is 6.01. The lowest BCUT2D eigenvalue weighted by atomic mass is 9.77. The molecule has 2 aliphatic heterocycles. The summed E-state index contributed by atoms with van der Waals surface area (Å²) in [5, 5.41) is 0.652. The first kappa shape index (κ1) is 15.7. The maximum atomic E-state index is 12.5. The summed E-state index contributed by atoms with van der Waals surface area (Å²) >= 11 is 5.88. The van der Waals surface area contributed by atoms with Crippen LogP contribution in [0.5, 0.6) is 0 Å². The molecule has 2 fully saturated rings. The van der Waals surface area contributed by atoms with Gasteiger partial charge in [0.15, 0.2) is 0 Å². The van der Waals surface area contributed by atoms with Crippen LogP contribution in [0.15, 0.2) is 54.6 Å². The number of carbonyl (C=O) groups excluding carboxylic acids is 1. The van der Waals surface area contributed by atoms with Gasteiger partial charge in [-0.25, -0.2) is 0 Å². The molecule has 2 aromatic carbocycles. The van der Waals surface area contributed by atoms with Gasteiger partial charge >= 0.3 is 0 Å². The van der Waals surface area contributed by atoms with E-state index in [9.17, 15) is 4.79 Å². The molecule has 2 heterocycles. The van der Waals surface area contributed by atoms with Crippen LogP contribution in [0, 0.1) is 5.41 Å². The lowest BCUT2D eigenvalue weighted by Gasteiger charge is -2.47. The molecule has 4 heteroatoms. The van der Waals surface area contributed by atoms with Crippen molar-refractivity contribution in [2.75, 3.05) is 19.7 Å². The molecule has 0 aliphatic carbocycles. The third-order valence-corrected chi connectivity index (χ3v) is 5.28. The molecule has 124 valence electrons. The van der Waals surface area contributed by atoms with Crippen LogP contribution in [0.3, 0.4) is 0 Å². The summed E-state index contributed by atoms with van der Waals surface area (Å²) in [6.07, 6.45) is 2.25. The van der Waals surface area contributed by atoms with E-state index in [0.717, 1.165) is 32.5 Å². The molecule has 24 heavy (non-hydrogen) atoms. The molecule has 0 aromatic heterocycles. The van der Waals surface area contributed by atoms with Gasteiger partial charge in [0.05, 0.1) is 12.7 Å². The molecule has 4 rings (SSSR count). The minimum atomic E-state index is 0.0869. The van der Waals surface area contributed by atoms with E-state index in [1.165, 1.54) is 5.56 Å². The Hall–Kier alpha value is -1.84. The minimum absolute atomic E-state index is 0.0869. The lowest BCUT2D eigenvalue weighted by Crippen LogP contribution is -2.58. The predicted molar refractivity (Wildman–Crippen MR) is 94.3 cm³/mol. The molecule has 3 nitrogen and oxygen atoms in total. The average Bonchev–Trinajstić information content (AvgIpc) is 2.99. The van der Waals surface area contributed by atoms with Crippen molar-refractivity contribution in [1.29, 1.82) is 0 Å². The Morgan fingerprint density at radius 1 is 1.12 bits per heavy atom. The standard InChI is InChI=1S/C20H20ClNO2/c21-17-8-6-16(7-9-17)19(23)22-12-20(13-22)11-18(24-14-20)10-15-4-2-1-3-5-15/h1-9,18H,10-14H2. The molecular weight excluding hydrogens is 322 g/mol. The van der Waals surface area contributed by atoms with E-state index in [1.807, 2.05) is 11.0 Å². The van der Waals surface area contributed by atoms with E-state index in [0.29, 0.717) is 10.6 Å². The Balaban J connectivity index is 1.33. The van der Waals surface area contributed by atoms with Crippen molar-refractivity contribution in [3.8, 4) is 0 Å². The van der Waals surface area contributed by atoms with Gasteiger partial charge in [-0.15, -0.1) is 0 Å². The Morgan fingerprint density at radius 3 is 2.54 bits per heavy atom. The largest absolute Gasteiger partial charge is 0.377 e. The number of amides is 1. The minimum Gasteiger partial charge on any atom is -0.377 e. The van der Waals surface area contributed by atoms with Crippen LogP contribution < -0.4 is 0 Å². The third-order valence-electron chi connectivity index (χ3n) is 5.02. The highest BCUT2D eigenvalue weighted by molar-refractivity contribution is 6.30. The topological polar surface area (TPSA) is 29.5 Å². The second-order valence-electron chi connectivity index (χ2n) is 6.99. The molecular formula is C20H20ClNO2. The highest BCUT2D eigenvalue weighted by Gasteiger charge is 2.50. The van der Waals surface area contributed by atoms with Gasteiger partial charge in [0.25, 0.3) is 5.91 Å². The van der Waals surface area contributed by atoms with E-state index in [1.54, 1.807) is 24.3 Å². The van der Waals surface area contributed by atoms with Crippen LogP contribution in [0.4, 0.5) is 0 Å². The van der Waals surface area contributed by atoms with E-state index >= 15 is 0 Å². The lowest BCUT2D eigenvalue weighted by molar-refractivity contribution is -0.00133. The van der Waals surface area contributed by atoms with Crippen LogP contribution in [0.25, 0.3) is 0 Å². The van der Waals surface area contributed by atoms with Crippen molar-refractivity contribution in [3.05, 3.63) is 70.7 Å². The Kier molecular flexibility index (Phi) is 4.07. The van der Waals surface area contributed by atoms with Crippen molar-refractivity contribution >= 4 is 17.5 Å². The second kappa shape index (κ2) is 6.23. The smallest absolute Gasteiger partial charge is 0.253 e. The van der Waals surface area contributed by atoms with Crippen LogP contribution in [0.1, 0.15) is 22.3 Å². The van der Waals surface area contributed by atoms with Gasteiger partial charge in [0, 0.05) is 29.1 Å². The molecule has 0 radical (unpaired) electrons. The average molecular weight is 342 g/mol. The summed E-state index contributed by atoms with van der Waals surface area (Å²) in [5.41, 5.74) is 2.17. The van der Waals surface area contributed by atoms with Gasteiger partial charge in [-0.2, -0.15) is 0 Å². The molecule has 1 unspecified atom stereocenters. The number of likely N-dealkylation sites (tertiary alicyclic amines) is 1. The molecule has 1 atom stereocenters. The molecule has 2 saturated heterocycles. The first-order valence-corrected chi connectivity index (χ1v) is 8.72. The first-order valence-electron chi connectivity index (χ1n) is 8.34. The number of benzene rings is 2. The first-order chi connectivity index (χ1) is 11.6. The van der Waals surface area contributed by atoms with Crippen LogP contribution in [0.2, 0.25) is 5.02 Å². The number of nitrogens with zero attached hydrogens (tertiary/aromatic N) is 1. The maximum Gasteiger partial charge on any atom is 0.253 e. The van der Waals surface area contributed by atoms with Gasteiger partial charge in [-0.1, -0.05) is 41.9 Å². The zero-order chi connectivity index (χ0) is 16.6. The molecule has 2 aromatic rings. The fourth-order valence-corrected chi connectivity index (χ4v) is 3.93. The van der Waals surface area contributed by atoms with Gasteiger partial charge in [0.1, 0.15) is 0 Å². The van der Waals surface area contributed by atoms with E-state index < -0.39 is 0 Å². The highest BCUT2D eigenvalue weighted by atomic mass is 35.5. The zero-order valence-electron chi connectivity index (χ0n) is 13.5. The number of ether oxygens (including phenoxy) is 1. The molecule has 2 aliphatic rings. The van der Waals surface area contributed by atoms with E-state index in [-0.39, 0.29) is 17.4 Å². The summed E-state index contributed by atoms with van der Waals surface area (Å²) in [6.45, 7) is 2.34. The number of halogens is 1. The molecule has 0 bridgehead atoms. The van der Waals surface area contributed by atoms with E-state index in [4.69, 9.17) is 16.3 Å². The maximum absolute atomic E-state index is 12.5. The summed E-state index contributed by atoms with van der Waals surface area (Å²) in [7, 11) is 0. The number of carbonyl (C=O) groups is 1. The normalized spacial score (nSPS) is 21.7. The fourth-order valence-electron chi connectivity index (χ4n) is 3.81. The van der Waals surface area contributed by atoms with E-state index in [2.05, 4.69) is 24.3 Å². The fraction of sp³-hybridized carbons (Fsp3) is 0.350. The molecule has 1 amide bonds. The van der Waals surface area contributed by atoms with Crippen molar-refractivity contribution in [1.82, 2.24) is 4.90 Å². The monoisotopic (exact) mass is 341 g/mol. The predicted octanol–water partition coefficient (Wildman–Crippen LogP) is 3.81. The van der Waals surface area contributed by atoms with Gasteiger partial charge in [0.2, 0.25) is 0 Å². The quantitative estimate of drug-likeness (QED) is 0.849. The van der Waals surface area contributed by atoms with Crippen LogP contribution in [-0.2, 0) is 11.2 Å². The van der Waals surface area contributed by atoms with Crippen molar-refractivity contribution < 1.29 is 9.53 Å². The SMILES string of the molecule is O=C(c1ccc(Cl)cc1)N1CC2(COC(Cc3ccccc3)C2)C1. The van der Waals surface area contributed by atoms with Crippen molar-refractivity contribution in [3.63, 3.8) is 0 Å². The van der Waals surface area contributed by atoms with Gasteiger partial charge in [-0.05, 0) is 42.7 Å². The highest BCUT2D eigenvalue weighted by Crippen LogP contribution is 2.42. The van der Waals surface area contributed by atoms with Gasteiger partial charge in [-0.3, -0.25) is 4.79 Å². The van der Waals surface area contributed by atoms with Gasteiger partial charge < -0.3 is 9.64 Å². The number of rotatable bonds is 3. The Bertz CT molecular complexity index is 723. The summed E-state index contributed by atoms with van der Waals surface area (Å²) in [4.78, 5) is 14.4. The van der Waals surface area contributed by atoms with Crippen molar-refractivity contribution in [2.45, 2.75) is 18.9 Å². The summed E-state index contributed by atoms with van der Waals surface area (Å²) in [5.74, 6) is 0.0869. The van der Waals surface area contributed by atoms with Crippen LogP contribution in [-0.4, -0.2) is 36.6 Å². The molecule has 1 spiro atoms. The Labute approximate surface area is 147 Å². The summed E-state index contributed by atoms with van der Waals surface area (Å²) in [6, 6.07) is 17.6. The zero-order valence-corrected chi connectivity index (χ0v) is 14.2. The number of hydrogen-bond acceptors (Lipinski definition) is 2. The second-order valence-corrected chi connectivity index (χ2v) is 7.43. The third kappa shape index (κ3) is 3.06. The van der Waals surface area contributed by atoms with Crippen LogP contribution >= 0.6 is 11.6 Å². The Morgan fingerprint density at radius 2 is 1.83 bits per heavy atom. The molecule has 0 N–H and O–H groups in total.